The van der Waals surface area contributed by atoms with E-state index in [0.717, 1.165) is 25.7 Å². The SMILES string of the molecule is CC(C)NCC1(CN(C)CC2CCCC2)CCOCC1. The molecule has 1 heterocycles. The van der Waals surface area contributed by atoms with E-state index < -0.39 is 0 Å². The van der Waals surface area contributed by atoms with Crippen LogP contribution in [0.5, 0.6) is 0 Å². The topological polar surface area (TPSA) is 24.5 Å². The maximum atomic E-state index is 5.60. The molecular weight excluding hydrogens is 248 g/mol. The van der Waals surface area contributed by atoms with Crippen LogP contribution in [0, 0.1) is 11.3 Å². The first-order chi connectivity index (χ1) is 9.60. The number of ether oxygens (including phenoxy) is 1. The molecule has 2 aliphatic rings. The van der Waals surface area contributed by atoms with Crippen LogP contribution in [0.1, 0.15) is 52.4 Å². The second kappa shape index (κ2) is 7.77. The van der Waals surface area contributed by atoms with Gasteiger partial charge in [0.2, 0.25) is 0 Å². The lowest BCUT2D eigenvalue weighted by molar-refractivity contribution is -0.00316. The molecule has 0 bridgehead atoms. The monoisotopic (exact) mass is 282 g/mol. The third-order valence-electron chi connectivity index (χ3n) is 5.09. The second-order valence-corrected chi connectivity index (χ2v) is 7.50. The van der Waals surface area contributed by atoms with Gasteiger partial charge < -0.3 is 15.0 Å². The largest absolute Gasteiger partial charge is 0.381 e. The van der Waals surface area contributed by atoms with Crippen molar-refractivity contribution in [1.29, 1.82) is 0 Å². The Balaban J connectivity index is 1.85. The molecule has 0 atom stereocenters. The summed E-state index contributed by atoms with van der Waals surface area (Å²) in [7, 11) is 2.32. The predicted molar refractivity (Wildman–Crippen MR) is 85.1 cm³/mol. The minimum atomic E-state index is 0.426. The van der Waals surface area contributed by atoms with E-state index in [9.17, 15) is 0 Å². The highest BCUT2D eigenvalue weighted by Crippen LogP contribution is 2.32. The Labute approximate surface area is 125 Å². The van der Waals surface area contributed by atoms with Crippen molar-refractivity contribution in [3.05, 3.63) is 0 Å². The summed E-state index contributed by atoms with van der Waals surface area (Å²) < 4.78 is 5.60. The third-order valence-corrected chi connectivity index (χ3v) is 5.09. The smallest absolute Gasteiger partial charge is 0.0472 e. The Hall–Kier alpha value is -0.120. The van der Waals surface area contributed by atoms with Gasteiger partial charge in [0.15, 0.2) is 0 Å². The predicted octanol–water partition coefficient (Wildman–Crippen LogP) is 2.90. The minimum absolute atomic E-state index is 0.426. The lowest BCUT2D eigenvalue weighted by Crippen LogP contribution is -2.48. The van der Waals surface area contributed by atoms with Gasteiger partial charge in [-0.05, 0) is 44.1 Å². The molecule has 3 nitrogen and oxygen atoms in total. The van der Waals surface area contributed by atoms with E-state index in [1.807, 2.05) is 0 Å². The molecule has 0 aromatic heterocycles. The third kappa shape index (κ3) is 5.01. The summed E-state index contributed by atoms with van der Waals surface area (Å²) in [4.78, 5) is 2.60. The molecule has 2 rings (SSSR count). The van der Waals surface area contributed by atoms with Crippen molar-refractivity contribution >= 4 is 0 Å². The molecule has 0 spiro atoms. The highest BCUT2D eigenvalue weighted by molar-refractivity contribution is 4.88. The molecule has 0 amide bonds. The molecule has 118 valence electrons. The van der Waals surface area contributed by atoms with Gasteiger partial charge in [-0.15, -0.1) is 0 Å². The Bertz CT molecular complexity index is 268. The molecule has 1 saturated heterocycles. The van der Waals surface area contributed by atoms with Crippen molar-refractivity contribution in [1.82, 2.24) is 10.2 Å². The van der Waals surface area contributed by atoms with Crippen molar-refractivity contribution in [2.75, 3.05) is 39.9 Å². The van der Waals surface area contributed by atoms with Gasteiger partial charge in [0.05, 0.1) is 0 Å². The van der Waals surface area contributed by atoms with E-state index in [-0.39, 0.29) is 0 Å². The van der Waals surface area contributed by atoms with Crippen LogP contribution < -0.4 is 5.32 Å². The first-order valence-corrected chi connectivity index (χ1v) is 8.59. The van der Waals surface area contributed by atoms with Crippen LogP contribution in [-0.2, 0) is 4.74 Å². The zero-order valence-electron chi connectivity index (χ0n) is 13.8. The fourth-order valence-electron chi connectivity index (χ4n) is 3.89. The van der Waals surface area contributed by atoms with Crippen molar-refractivity contribution in [2.45, 2.75) is 58.4 Å². The number of nitrogens with one attached hydrogen (secondary N) is 1. The van der Waals surface area contributed by atoms with Gasteiger partial charge in [-0.1, -0.05) is 26.7 Å². The Morgan fingerprint density at radius 1 is 1.20 bits per heavy atom. The highest BCUT2D eigenvalue weighted by atomic mass is 16.5. The van der Waals surface area contributed by atoms with Gasteiger partial charge in [-0.25, -0.2) is 0 Å². The molecule has 0 aromatic carbocycles. The van der Waals surface area contributed by atoms with E-state index in [0.29, 0.717) is 11.5 Å². The average molecular weight is 282 g/mol. The zero-order valence-corrected chi connectivity index (χ0v) is 13.8. The number of rotatable bonds is 7. The van der Waals surface area contributed by atoms with Crippen LogP contribution in [0.15, 0.2) is 0 Å². The standard InChI is InChI=1S/C17H34N2O/c1-15(2)18-13-17(8-10-20-11-9-17)14-19(3)12-16-6-4-5-7-16/h15-16,18H,4-14H2,1-3H3. The normalized spacial score (nSPS) is 23.9. The van der Waals surface area contributed by atoms with Gasteiger partial charge in [0.1, 0.15) is 0 Å². The van der Waals surface area contributed by atoms with Gasteiger partial charge >= 0.3 is 0 Å². The second-order valence-electron chi connectivity index (χ2n) is 7.50. The maximum Gasteiger partial charge on any atom is 0.0472 e. The van der Waals surface area contributed by atoms with Gasteiger partial charge in [0.25, 0.3) is 0 Å². The van der Waals surface area contributed by atoms with Crippen LogP contribution in [0.4, 0.5) is 0 Å². The molecule has 1 N–H and O–H groups in total. The molecule has 0 radical (unpaired) electrons. The van der Waals surface area contributed by atoms with Crippen LogP contribution in [-0.4, -0.2) is 50.8 Å². The Morgan fingerprint density at radius 3 is 2.45 bits per heavy atom. The van der Waals surface area contributed by atoms with Crippen LogP contribution in [0.3, 0.4) is 0 Å². The molecule has 1 aliphatic heterocycles. The molecular formula is C17H34N2O. The molecule has 1 saturated carbocycles. The summed E-state index contributed by atoms with van der Waals surface area (Å²) in [5.41, 5.74) is 0.426. The van der Waals surface area contributed by atoms with Crippen LogP contribution >= 0.6 is 0 Å². The Kier molecular flexibility index (Phi) is 6.31. The minimum Gasteiger partial charge on any atom is -0.381 e. The molecule has 20 heavy (non-hydrogen) atoms. The number of nitrogens with zero attached hydrogens (tertiary/aromatic N) is 1. The lowest BCUT2D eigenvalue weighted by Gasteiger charge is -2.41. The summed E-state index contributed by atoms with van der Waals surface area (Å²) in [5, 5.41) is 3.67. The van der Waals surface area contributed by atoms with Crippen molar-refractivity contribution < 1.29 is 4.74 Å². The summed E-state index contributed by atoms with van der Waals surface area (Å²) in [6.45, 7) is 10.0. The first-order valence-electron chi connectivity index (χ1n) is 8.59. The molecule has 1 aliphatic carbocycles. The maximum absolute atomic E-state index is 5.60. The van der Waals surface area contributed by atoms with Crippen molar-refractivity contribution in [3.8, 4) is 0 Å². The number of hydrogen-bond donors (Lipinski definition) is 1. The highest BCUT2D eigenvalue weighted by Gasteiger charge is 2.34. The fourth-order valence-corrected chi connectivity index (χ4v) is 3.89. The van der Waals surface area contributed by atoms with E-state index in [1.54, 1.807) is 0 Å². The summed E-state index contributed by atoms with van der Waals surface area (Å²) in [6.07, 6.45) is 8.22. The number of hydrogen-bond acceptors (Lipinski definition) is 3. The molecule has 2 fully saturated rings. The zero-order chi connectivity index (χ0) is 14.4. The van der Waals surface area contributed by atoms with Crippen molar-refractivity contribution in [3.63, 3.8) is 0 Å². The average Bonchev–Trinajstić information content (AvgIpc) is 2.90. The van der Waals surface area contributed by atoms with Crippen LogP contribution in [0.2, 0.25) is 0 Å². The summed E-state index contributed by atoms with van der Waals surface area (Å²) in [5.74, 6) is 0.954. The molecule has 3 heteroatoms. The van der Waals surface area contributed by atoms with Crippen molar-refractivity contribution in [2.24, 2.45) is 11.3 Å². The van der Waals surface area contributed by atoms with Gasteiger partial charge in [0, 0.05) is 38.9 Å². The van der Waals surface area contributed by atoms with Gasteiger partial charge in [-0.3, -0.25) is 0 Å². The lowest BCUT2D eigenvalue weighted by atomic mass is 9.79. The molecule has 0 aromatic rings. The fraction of sp³-hybridized carbons (Fsp3) is 1.00. The summed E-state index contributed by atoms with van der Waals surface area (Å²) in [6, 6.07) is 0.579. The first kappa shape index (κ1) is 16.3. The summed E-state index contributed by atoms with van der Waals surface area (Å²) >= 11 is 0. The Morgan fingerprint density at radius 2 is 1.85 bits per heavy atom. The quantitative estimate of drug-likeness (QED) is 0.777. The van der Waals surface area contributed by atoms with E-state index in [1.165, 1.54) is 51.6 Å². The van der Waals surface area contributed by atoms with Crippen LogP contribution in [0.25, 0.3) is 0 Å². The van der Waals surface area contributed by atoms with E-state index in [4.69, 9.17) is 4.74 Å². The van der Waals surface area contributed by atoms with E-state index >= 15 is 0 Å². The molecule has 0 unspecified atom stereocenters. The van der Waals surface area contributed by atoms with Gasteiger partial charge in [-0.2, -0.15) is 0 Å². The van der Waals surface area contributed by atoms with E-state index in [2.05, 4.69) is 31.1 Å².